The summed E-state index contributed by atoms with van der Waals surface area (Å²) in [6, 6.07) is -0.932. The standard InChI is InChI=1S/C70H129NO13/c1-3-5-7-9-11-13-15-17-19-21-23-25-26-27-28-29-30-31-32-34-36-38-40-42-44-46-48-50-52-54-62(75)71-58(59(74)53-51-49-47-45-43-41-39-37-35-33-24-22-20-18-16-14-12-10-8-6-4-2)57-81-69-67(80)65(78)68(61(56-73)83-69)84-70-66(79)64(77)63(76)60(55-72)82-70/h15,17,21,23,43,45,51,53,58-61,63-70,72-74,76-80H,3-14,16,18-20,22,24-42,44,46-50,52,54-57H2,1-2H3,(H,71,75)/b17-15-,23-21-,45-43+,53-51+. The van der Waals surface area contributed by atoms with Gasteiger partial charge in [0.2, 0.25) is 5.91 Å². The quantitative estimate of drug-likeness (QED) is 0.0204. The number of carbonyl (C=O) groups is 1. The molecule has 0 aromatic rings. The average molecular weight is 1190 g/mol. The van der Waals surface area contributed by atoms with Gasteiger partial charge >= 0.3 is 0 Å². The third kappa shape index (κ3) is 39.1. The van der Waals surface area contributed by atoms with Crippen molar-refractivity contribution < 1.29 is 64.6 Å². The van der Waals surface area contributed by atoms with Crippen LogP contribution in [0.5, 0.6) is 0 Å². The highest BCUT2D eigenvalue weighted by Crippen LogP contribution is 2.30. The lowest BCUT2D eigenvalue weighted by Gasteiger charge is -2.46. The molecule has 2 heterocycles. The molecule has 9 N–H and O–H groups in total. The van der Waals surface area contributed by atoms with Crippen LogP contribution in [0, 0.1) is 0 Å². The zero-order valence-electron chi connectivity index (χ0n) is 53.4. The zero-order chi connectivity index (χ0) is 60.9. The van der Waals surface area contributed by atoms with Crippen LogP contribution >= 0.6 is 0 Å². The number of aliphatic hydroxyl groups is 8. The van der Waals surface area contributed by atoms with E-state index in [4.69, 9.17) is 18.9 Å². The molecule has 12 atom stereocenters. The van der Waals surface area contributed by atoms with E-state index in [1.807, 2.05) is 6.08 Å². The molecule has 1 amide bonds. The van der Waals surface area contributed by atoms with Crippen LogP contribution in [0.2, 0.25) is 0 Å². The van der Waals surface area contributed by atoms with Crippen LogP contribution in [0.3, 0.4) is 0 Å². The van der Waals surface area contributed by atoms with E-state index in [1.165, 1.54) is 225 Å². The molecular formula is C70H129NO13. The molecular weight excluding hydrogens is 1060 g/mol. The molecule has 492 valence electrons. The molecule has 2 rings (SSSR count). The lowest BCUT2D eigenvalue weighted by molar-refractivity contribution is -0.359. The molecule has 2 aliphatic rings. The van der Waals surface area contributed by atoms with Gasteiger partial charge in [0.05, 0.1) is 32.0 Å². The smallest absolute Gasteiger partial charge is 0.220 e. The molecule has 2 fully saturated rings. The largest absolute Gasteiger partial charge is 0.394 e. The molecule has 84 heavy (non-hydrogen) atoms. The minimum absolute atomic E-state index is 0.245. The SMILES string of the molecule is CCCCCCC/C=C\C/C=C\CCCCCCCCCCCCCCCCCCCC(=O)NC(COC1OC(CO)C(OC2OC(CO)C(O)C(O)C2O)C(O)C1O)C(O)/C=C/CC/C=C/CCCCCCCCCCCCCCCCC. The van der Waals surface area contributed by atoms with Crippen molar-refractivity contribution in [1.29, 1.82) is 0 Å². The van der Waals surface area contributed by atoms with E-state index in [-0.39, 0.29) is 18.9 Å². The van der Waals surface area contributed by atoms with E-state index in [0.29, 0.717) is 12.8 Å². The molecule has 0 spiro atoms. The van der Waals surface area contributed by atoms with Gasteiger partial charge in [0, 0.05) is 6.42 Å². The van der Waals surface area contributed by atoms with Crippen molar-refractivity contribution in [3.8, 4) is 0 Å². The van der Waals surface area contributed by atoms with Crippen molar-refractivity contribution >= 4 is 5.91 Å². The Balaban J connectivity index is 1.69. The fourth-order valence-corrected chi connectivity index (χ4v) is 11.4. The van der Waals surface area contributed by atoms with Crippen molar-refractivity contribution in [2.45, 2.75) is 370 Å². The van der Waals surface area contributed by atoms with Gasteiger partial charge < -0.3 is 65.1 Å². The Hall–Kier alpha value is -2.05. The lowest BCUT2D eigenvalue weighted by atomic mass is 9.97. The molecule has 0 aromatic carbocycles. The highest BCUT2D eigenvalue weighted by atomic mass is 16.7. The van der Waals surface area contributed by atoms with Crippen LogP contribution in [-0.4, -0.2) is 140 Å². The van der Waals surface area contributed by atoms with Crippen LogP contribution in [0.1, 0.15) is 296 Å². The fourth-order valence-electron chi connectivity index (χ4n) is 11.4. The predicted octanol–water partition coefficient (Wildman–Crippen LogP) is 13.9. The van der Waals surface area contributed by atoms with E-state index < -0.39 is 86.8 Å². The zero-order valence-corrected chi connectivity index (χ0v) is 53.4. The first kappa shape index (κ1) is 78.0. The van der Waals surface area contributed by atoms with Gasteiger partial charge in [-0.15, -0.1) is 0 Å². The molecule has 0 aromatic heterocycles. The van der Waals surface area contributed by atoms with Gasteiger partial charge in [0.25, 0.3) is 0 Å². The van der Waals surface area contributed by atoms with E-state index in [0.717, 1.165) is 38.5 Å². The third-order valence-corrected chi connectivity index (χ3v) is 17.0. The molecule has 0 radical (unpaired) electrons. The van der Waals surface area contributed by atoms with Gasteiger partial charge in [-0.1, -0.05) is 274 Å². The average Bonchev–Trinajstić information content (AvgIpc) is 3.24. The Labute approximate surface area is 512 Å². The van der Waals surface area contributed by atoms with Gasteiger partial charge in [-0.2, -0.15) is 0 Å². The molecule has 2 aliphatic heterocycles. The van der Waals surface area contributed by atoms with Gasteiger partial charge in [-0.25, -0.2) is 0 Å². The fraction of sp³-hybridized carbons (Fsp3) is 0.871. The molecule has 0 bridgehead atoms. The summed E-state index contributed by atoms with van der Waals surface area (Å²) in [7, 11) is 0. The normalized spacial score (nSPS) is 23.9. The minimum Gasteiger partial charge on any atom is -0.394 e. The first-order chi connectivity index (χ1) is 41.1. The Morgan fingerprint density at radius 1 is 0.429 bits per heavy atom. The van der Waals surface area contributed by atoms with Gasteiger partial charge in [-0.3, -0.25) is 4.79 Å². The van der Waals surface area contributed by atoms with Crippen LogP contribution in [-0.2, 0) is 23.7 Å². The number of hydrogen-bond donors (Lipinski definition) is 9. The Morgan fingerprint density at radius 2 is 0.798 bits per heavy atom. The van der Waals surface area contributed by atoms with Crippen LogP contribution in [0.25, 0.3) is 0 Å². The number of allylic oxidation sites excluding steroid dienone is 7. The highest BCUT2D eigenvalue weighted by molar-refractivity contribution is 5.76. The summed E-state index contributed by atoms with van der Waals surface area (Å²) in [6.07, 6.45) is 54.5. The Kier molecular flexibility index (Phi) is 51.1. The number of amides is 1. The van der Waals surface area contributed by atoms with E-state index in [2.05, 4.69) is 55.6 Å². The van der Waals surface area contributed by atoms with Gasteiger partial charge in [-0.05, 0) is 64.2 Å². The maximum atomic E-state index is 13.3. The van der Waals surface area contributed by atoms with Crippen LogP contribution < -0.4 is 5.32 Å². The first-order valence-electron chi connectivity index (χ1n) is 34.9. The second kappa shape index (κ2) is 55.1. The van der Waals surface area contributed by atoms with Crippen molar-refractivity contribution in [2.75, 3.05) is 19.8 Å². The van der Waals surface area contributed by atoms with Crippen molar-refractivity contribution in [3.63, 3.8) is 0 Å². The molecule has 14 heteroatoms. The highest BCUT2D eigenvalue weighted by Gasteiger charge is 2.51. The molecule has 0 saturated carbocycles. The van der Waals surface area contributed by atoms with Crippen molar-refractivity contribution in [3.05, 3.63) is 48.6 Å². The van der Waals surface area contributed by atoms with E-state index in [1.54, 1.807) is 6.08 Å². The maximum absolute atomic E-state index is 13.3. The second-order valence-electron chi connectivity index (χ2n) is 24.6. The third-order valence-electron chi connectivity index (χ3n) is 17.0. The van der Waals surface area contributed by atoms with Gasteiger partial charge in [0.15, 0.2) is 12.6 Å². The number of hydrogen-bond acceptors (Lipinski definition) is 13. The van der Waals surface area contributed by atoms with E-state index >= 15 is 0 Å². The summed E-state index contributed by atoms with van der Waals surface area (Å²) >= 11 is 0. The number of carbonyl (C=O) groups excluding carboxylic acids is 1. The number of aliphatic hydroxyl groups excluding tert-OH is 8. The molecule has 12 unspecified atom stereocenters. The maximum Gasteiger partial charge on any atom is 0.220 e. The number of unbranched alkanes of at least 4 members (excludes halogenated alkanes) is 38. The summed E-state index contributed by atoms with van der Waals surface area (Å²) in [5.74, 6) is -0.245. The molecule has 2 saturated heterocycles. The molecule has 0 aliphatic carbocycles. The Morgan fingerprint density at radius 3 is 1.24 bits per heavy atom. The number of rotatable bonds is 57. The summed E-state index contributed by atoms with van der Waals surface area (Å²) < 4.78 is 22.8. The second-order valence-corrected chi connectivity index (χ2v) is 24.6. The predicted molar refractivity (Wildman–Crippen MR) is 341 cm³/mol. The van der Waals surface area contributed by atoms with E-state index in [9.17, 15) is 45.6 Å². The number of nitrogens with one attached hydrogen (secondary N) is 1. The van der Waals surface area contributed by atoms with Crippen molar-refractivity contribution in [1.82, 2.24) is 5.32 Å². The van der Waals surface area contributed by atoms with Crippen molar-refractivity contribution in [2.24, 2.45) is 0 Å². The van der Waals surface area contributed by atoms with Crippen LogP contribution in [0.15, 0.2) is 48.6 Å². The topological polar surface area (TPSA) is 228 Å². The lowest BCUT2D eigenvalue weighted by Crippen LogP contribution is -2.65. The van der Waals surface area contributed by atoms with Gasteiger partial charge in [0.1, 0.15) is 48.8 Å². The van der Waals surface area contributed by atoms with Crippen LogP contribution in [0.4, 0.5) is 0 Å². The monoisotopic (exact) mass is 1190 g/mol. The summed E-state index contributed by atoms with van der Waals surface area (Å²) in [4.78, 5) is 13.3. The molecule has 14 nitrogen and oxygen atoms in total. The summed E-state index contributed by atoms with van der Waals surface area (Å²) in [5, 5.41) is 87.4. The summed E-state index contributed by atoms with van der Waals surface area (Å²) in [5.41, 5.74) is 0. The Bertz CT molecular complexity index is 1590. The first-order valence-corrected chi connectivity index (χ1v) is 34.9. The minimum atomic E-state index is -1.79. The number of ether oxygens (including phenoxy) is 4. The summed E-state index contributed by atoms with van der Waals surface area (Å²) in [6.45, 7) is 2.81.